The predicted molar refractivity (Wildman–Crippen MR) is 72.5 cm³/mol. The molecule has 3 rings (SSSR count). The van der Waals surface area contributed by atoms with Crippen LogP contribution in [0.1, 0.15) is 54.2 Å². The van der Waals surface area contributed by atoms with Gasteiger partial charge in [0.05, 0.1) is 36.0 Å². The fourth-order valence-corrected chi connectivity index (χ4v) is 4.45. The van der Waals surface area contributed by atoms with Crippen molar-refractivity contribution in [2.24, 2.45) is 0 Å². The van der Waals surface area contributed by atoms with Gasteiger partial charge in [-0.3, -0.25) is 4.68 Å². The van der Waals surface area contributed by atoms with Gasteiger partial charge in [-0.15, -0.1) is 0 Å². The molecule has 0 radical (unpaired) electrons. The van der Waals surface area contributed by atoms with E-state index >= 15 is 0 Å². The first kappa shape index (κ1) is 13.6. The van der Waals surface area contributed by atoms with Gasteiger partial charge in [-0.25, -0.2) is 13.2 Å². The summed E-state index contributed by atoms with van der Waals surface area (Å²) >= 11 is 0. The van der Waals surface area contributed by atoms with Crippen LogP contribution < -0.4 is 0 Å². The van der Waals surface area contributed by atoms with E-state index in [-0.39, 0.29) is 23.5 Å². The molecule has 7 heteroatoms. The van der Waals surface area contributed by atoms with E-state index < -0.39 is 9.84 Å². The Morgan fingerprint density at radius 2 is 2.20 bits per heavy atom. The number of carbonyl (C=O) groups is 1. The molecule has 0 spiro atoms. The predicted octanol–water partition coefficient (Wildman–Crippen LogP) is 1.30. The summed E-state index contributed by atoms with van der Waals surface area (Å²) in [4.78, 5) is 12.0. The molecular weight excluding hydrogens is 280 g/mol. The van der Waals surface area contributed by atoms with Gasteiger partial charge < -0.3 is 4.74 Å². The largest absolute Gasteiger partial charge is 0.462 e. The van der Waals surface area contributed by atoms with Crippen LogP contribution in [-0.2, 0) is 14.6 Å². The fraction of sp³-hybridized carbons (Fsp3) is 0.692. The lowest BCUT2D eigenvalue weighted by molar-refractivity contribution is 0.0524. The maximum atomic E-state index is 12.0. The quantitative estimate of drug-likeness (QED) is 0.783. The highest BCUT2D eigenvalue weighted by Gasteiger charge is 2.37. The molecule has 0 aromatic carbocycles. The van der Waals surface area contributed by atoms with Crippen LogP contribution in [0.2, 0.25) is 0 Å². The molecule has 2 heterocycles. The van der Waals surface area contributed by atoms with E-state index in [0.717, 1.165) is 18.5 Å². The Hall–Kier alpha value is -1.37. The molecule has 0 N–H and O–H groups in total. The van der Waals surface area contributed by atoms with Crippen LogP contribution in [0.15, 0.2) is 6.20 Å². The third-order valence-corrected chi connectivity index (χ3v) is 5.60. The van der Waals surface area contributed by atoms with E-state index in [1.54, 1.807) is 11.6 Å². The average molecular weight is 298 g/mol. The minimum Gasteiger partial charge on any atom is -0.462 e. The van der Waals surface area contributed by atoms with Crippen LogP contribution >= 0.6 is 0 Å². The lowest BCUT2D eigenvalue weighted by atomic mass is 10.1. The molecule has 110 valence electrons. The average Bonchev–Trinajstić information content (AvgIpc) is 3.02. The second kappa shape index (κ2) is 4.87. The third kappa shape index (κ3) is 2.46. The van der Waals surface area contributed by atoms with Gasteiger partial charge in [-0.05, 0) is 26.2 Å². The van der Waals surface area contributed by atoms with Gasteiger partial charge in [0, 0.05) is 5.92 Å². The van der Waals surface area contributed by atoms with Crippen molar-refractivity contribution in [3.8, 4) is 0 Å². The zero-order chi connectivity index (χ0) is 14.3. The van der Waals surface area contributed by atoms with Crippen molar-refractivity contribution in [1.82, 2.24) is 9.78 Å². The Bertz CT molecular complexity index is 631. The van der Waals surface area contributed by atoms with Gasteiger partial charge in [0.1, 0.15) is 5.56 Å². The molecule has 6 nitrogen and oxygen atoms in total. The van der Waals surface area contributed by atoms with Crippen LogP contribution in [0, 0.1) is 0 Å². The number of hydrogen-bond donors (Lipinski definition) is 0. The van der Waals surface area contributed by atoms with Gasteiger partial charge in [0.2, 0.25) is 0 Å². The molecule has 1 aliphatic heterocycles. The highest BCUT2D eigenvalue weighted by molar-refractivity contribution is 7.91. The number of hydrogen-bond acceptors (Lipinski definition) is 5. The Labute approximate surface area is 118 Å². The number of esters is 1. The Morgan fingerprint density at radius 1 is 1.45 bits per heavy atom. The third-order valence-electron chi connectivity index (χ3n) is 3.85. The monoisotopic (exact) mass is 298 g/mol. The van der Waals surface area contributed by atoms with Gasteiger partial charge in [-0.1, -0.05) is 0 Å². The molecule has 1 saturated carbocycles. The van der Waals surface area contributed by atoms with Gasteiger partial charge in [-0.2, -0.15) is 5.10 Å². The summed E-state index contributed by atoms with van der Waals surface area (Å²) in [5.41, 5.74) is 1.36. The number of ether oxygens (including phenoxy) is 1. The summed E-state index contributed by atoms with van der Waals surface area (Å²) in [7, 11) is -2.96. The Balaban J connectivity index is 1.94. The van der Waals surface area contributed by atoms with E-state index in [2.05, 4.69) is 5.10 Å². The molecule has 1 aromatic heterocycles. The van der Waals surface area contributed by atoms with E-state index in [1.165, 1.54) is 6.20 Å². The fourth-order valence-electron chi connectivity index (χ4n) is 2.76. The second-order valence-corrected chi connectivity index (χ2v) is 7.67. The van der Waals surface area contributed by atoms with E-state index in [4.69, 9.17) is 4.74 Å². The Kier molecular flexibility index (Phi) is 3.32. The van der Waals surface area contributed by atoms with Crippen LogP contribution in [-0.4, -0.2) is 42.3 Å². The summed E-state index contributed by atoms with van der Waals surface area (Å²) in [5.74, 6) is 0.286. The van der Waals surface area contributed by atoms with Crippen molar-refractivity contribution < 1.29 is 17.9 Å². The van der Waals surface area contributed by atoms with Gasteiger partial charge >= 0.3 is 5.97 Å². The van der Waals surface area contributed by atoms with Crippen LogP contribution in [0.3, 0.4) is 0 Å². The number of rotatable bonds is 4. The van der Waals surface area contributed by atoms with Crippen molar-refractivity contribution >= 4 is 15.8 Å². The van der Waals surface area contributed by atoms with E-state index in [1.807, 2.05) is 0 Å². The molecule has 1 unspecified atom stereocenters. The first-order valence-electron chi connectivity index (χ1n) is 6.97. The minimum absolute atomic E-state index is 0.122. The highest BCUT2D eigenvalue weighted by Crippen LogP contribution is 2.43. The normalized spacial score (nSPS) is 24.8. The topological polar surface area (TPSA) is 78.3 Å². The first-order chi connectivity index (χ1) is 9.52. The second-order valence-electron chi connectivity index (χ2n) is 5.44. The first-order valence-corrected chi connectivity index (χ1v) is 8.79. The van der Waals surface area contributed by atoms with Crippen molar-refractivity contribution in [1.29, 1.82) is 0 Å². The molecule has 2 fully saturated rings. The van der Waals surface area contributed by atoms with Crippen LogP contribution in [0.4, 0.5) is 0 Å². The lowest BCUT2D eigenvalue weighted by Gasteiger charge is -2.13. The summed E-state index contributed by atoms with van der Waals surface area (Å²) < 4.78 is 30.1. The van der Waals surface area contributed by atoms with Crippen molar-refractivity contribution in [3.63, 3.8) is 0 Å². The number of sulfone groups is 1. The lowest BCUT2D eigenvalue weighted by Crippen LogP contribution is -2.16. The minimum atomic E-state index is -2.96. The maximum Gasteiger partial charge on any atom is 0.341 e. The molecule has 0 amide bonds. The molecule has 1 aliphatic carbocycles. The molecular formula is C13H18N2O4S. The Morgan fingerprint density at radius 3 is 2.75 bits per heavy atom. The molecule has 1 saturated heterocycles. The number of carbonyl (C=O) groups excluding carboxylic acids is 1. The van der Waals surface area contributed by atoms with Crippen molar-refractivity contribution in [2.45, 2.75) is 38.1 Å². The molecule has 1 atom stereocenters. The number of aromatic nitrogens is 2. The summed E-state index contributed by atoms with van der Waals surface area (Å²) in [6, 6.07) is -0.140. The molecule has 20 heavy (non-hydrogen) atoms. The standard InChI is InChI=1S/C13H18N2O4S/c1-2-19-13(16)11-7-14-15(12(11)9-3-4-9)10-5-6-20(17,18)8-10/h7,9-10H,2-6,8H2,1H3. The SMILES string of the molecule is CCOC(=O)c1cnn(C2CCS(=O)(=O)C2)c1C1CC1. The summed E-state index contributed by atoms with van der Waals surface area (Å²) in [6.45, 7) is 2.09. The van der Waals surface area contributed by atoms with Gasteiger partial charge in [0.15, 0.2) is 9.84 Å². The summed E-state index contributed by atoms with van der Waals surface area (Å²) in [6.07, 6.45) is 4.15. The highest BCUT2D eigenvalue weighted by atomic mass is 32.2. The summed E-state index contributed by atoms with van der Waals surface area (Å²) in [5, 5.41) is 4.28. The zero-order valence-electron chi connectivity index (χ0n) is 11.4. The van der Waals surface area contributed by atoms with Crippen LogP contribution in [0.5, 0.6) is 0 Å². The van der Waals surface area contributed by atoms with E-state index in [0.29, 0.717) is 24.5 Å². The van der Waals surface area contributed by atoms with Crippen molar-refractivity contribution in [2.75, 3.05) is 18.1 Å². The molecule has 0 bridgehead atoms. The maximum absolute atomic E-state index is 12.0. The molecule has 2 aliphatic rings. The van der Waals surface area contributed by atoms with Crippen LogP contribution in [0.25, 0.3) is 0 Å². The molecule has 1 aromatic rings. The smallest absolute Gasteiger partial charge is 0.341 e. The van der Waals surface area contributed by atoms with E-state index in [9.17, 15) is 13.2 Å². The van der Waals surface area contributed by atoms with Crippen molar-refractivity contribution in [3.05, 3.63) is 17.5 Å². The zero-order valence-corrected chi connectivity index (χ0v) is 12.2. The number of nitrogens with zero attached hydrogens (tertiary/aromatic N) is 2. The van der Waals surface area contributed by atoms with Gasteiger partial charge in [0.25, 0.3) is 0 Å².